The highest BCUT2D eigenvalue weighted by Crippen LogP contribution is 2.40. The Labute approximate surface area is 155 Å². The number of hydrogen-bond acceptors (Lipinski definition) is 4. The largest absolute Gasteiger partial charge is 0.308 e. The first kappa shape index (κ1) is 20.3. The lowest BCUT2D eigenvalue weighted by Crippen LogP contribution is -2.08. The molecule has 0 aromatic heterocycles. The lowest BCUT2D eigenvalue weighted by atomic mass is 9.98. The van der Waals surface area contributed by atoms with Crippen molar-refractivity contribution in [3.8, 4) is 6.07 Å². The summed E-state index contributed by atoms with van der Waals surface area (Å²) < 4.78 is 0.0596. The second-order valence-electron chi connectivity index (χ2n) is 6.44. The number of allylic oxidation sites excluding steroid dienone is 4. The van der Waals surface area contributed by atoms with E-state index >= 15 is 0 Å². The highest BCUT2D eigenvalue weighted by atomic mass is 32.2. The molecule has 126 valence electrons. The molecule has 1 aromatic rings. The van der Waals surface area contributed by atoms with E-state index in [0.717, 1.165) is 26.5 Å². The summed E-state index contributed by atoms with van der Waals surface area (Å²) in [6.07, 6.45) is 2.90. The molecule has 0 bridgehead atoms. The van der Waals surface area contributed by atoms with Gasteiger partial charge in [0, 0.05) is 27.0 Å². The molecule has 0 radical (unpaired) electrons. The van der Waals surface area contributed by atoms with E-state index in [9.17, 15) is 0 Å². The highest BCUT2D eigenvalue weighted by molar-refractivity contribution is 8.04. The minimum Gasteiger partial charge on any atom is -0.308 e. The van der Waals surface area contributed by atoms with Crippen molar-refractivity contribution >= 4 is 36.2 Å². The van der Waals surface area contributed by atoms with Crippen molar-refractivity contribution in [1.82, 2.24) is 0 Å². The second-order valence-corrected chi connectivity index (χ2v) is 8.93. The zero-order chi connectivity index (χ0) is 18.5. The Hall–Kier alpha value is -1.70. The topological polar surface area (TPSA) is 47.6 Å². The normalized spacial score (nSPS) is 13.5. The number of thiol groups is 1. The number of aryl methyl sites for hydroxylation is 1. The van der Waals surface area contributed by atoms with E-state index in [0.29, 0.717) is 11.1 Å². The maximum absolute atomic E-state index is 9.15. The SMILES string of the molecule is C=C/C(C=N)=C(S)\C(=C(/C)SC(C)(C)C)c1ccc(C#N)c(C)c1. The van der Waals surface area contributed by atoms with Crippen LogP contribution in [0.15, 0.2) is 46.2 Å². The van der Waals surface area contributed by atoms with Crippen LogP contribution in [0.1, 0.15) is 44.4 Å². The Bertz CT molecular complexity index is 747. The summed E-state index contributed by atoms with van der Waals surface area (Å²) in [5, 5.41) is 16.7. The van der Waals surface area contributed by atoms with Gasteiger partial charge in [-0.1, -0.05) is 45.6 Å². The van der Waals surface area contributed by atoms with Gasteiger partial charge in [0.25, 0.3) is 0 Å². The Morgan fingerprint density at radius 3 is 2.42 bits per heavy atom. The molecule has 0 saturated carbocycles. The van der Waals surface area contributed by atoms with Gasteiger partial charge >= 0.3 is 0 Å². The van der Waals surface area contributed by atoms with Crippen LogP contribution in [0.25, 0.3) is 5.57 Å². The third kappa shape index (κ3) is 5.15. The zero-order valence-electron chi connectivity index (χ0n) is 14.9. The Morgan fingerprint density at radius 2 is 2.00 bits per heavy atom. The minimum atomic E-state index is 0.0596. The second kappa shape index (κ2) is 8.41. The quantitative estimate of drug-likeness (QED) is 0.378. The van der Waals surface area contributed by atoms with E-state index in [4.69, 9.17) is 10.7 Å². The monoisotopic (exact) mass is 356 g/mol. The third-order valence-corrected chi connectivity index (χ3v) is 4.94. The molecule has 0 aliphatic rings. The van der Waals surface area contributed by atoms with Gasteiger partial charge in [0.1, 0.15) is 0 Å². The predicted molar refractivity (Wildman–Crippen MR) is 111 cm³/mol. The van der Waals surface area contributed by atoms with Crippen LogP contribution in [0.4, 0.5) is 0 Å². The van der Waals surface area contributed by atoms with Gasteiger partial charge in [-0.25, -0.2) is 0 Å². The molecule has 1 N–H and O–H groups in total. The highest BCUT2D eigenvalue weighted by Gasteiger charge is 2.18. The van der Waals surface area contributed by atoms with E-state index in [1.165, 1.54) is 6.21 Å². The molecule has 0 spiro atoms. The first-order valence-corrected chi connectivity index (χ1v) is 8.88. The summed E-state index contributed by atoms with van der Waals surface area (Å²) in [5.41, 5.74) is 4.23. The number of nitrogens with one attached hydrogen (secondary N) is 1. The van der Waals surface area contributed by atoms with Gasteiger partial charge in [-0.3, -0.25) is 0 Å². The molecule has 24 heavy (non-hydrogen) atoms. The summed E-state index contributed by atoms with van der Waals surface area (Å²) >= 11 is 6.45. The Balaban J connectivity index is 3.68. The third-order valence-electron chi connectivity index (χ3n) is 3.33. The van der Waals surface area contributed by atoms with Crippen molar-refractivity contribution in [3.05, 3.63) is 62.9 Å². The van der Waals surface area contributed by atoms with Crippen molar-refractivity contribution in [1.29, 1.82) is 10.7 Å². The van der Waals surface area contributed by atoms with Crippen molar-refractivity contribution in [2.24, 2.45) is 0 Å². The maximum atomic E-state index is 9.15. The number of benzene rings is 1. The fourth-order valence-electron chi connectivity index (χ4n) is 2.33. The standard InChI is InChI=1S/C20H24N2S2/c1-7-15(11-21)19(23)18(14(3)24-20(4,5)6)16-8-9-17(12-22)13(2)10-16/h7-11,21,23H,1H2,2-6H3/b18-14+,19-15-,21-11?. The van der Waals surface area contributed by atoms with Gasteiger partial charge in [-0.05, 0) is 35.9 Å². The van der Waals surface area contributed by atoms with Gasteiger partial charge in [0.05, 0.1) is 11.6 Å². The molecule has 4 heteroatoms. The van der Waals surface area contributed by atoms with Crippen LogP contribution in [0, 0.1) is 23.7 Å². The number of thioether (sulfide) groups is 1. The number of nitrogens with zero attached hydrogens (tertiary/aromatic N) is 1. The summed E-state index contributed by atoms with van der Waals surface area (Å²) in [6, 6.07) is 7.97. The van der Waals surface area contributed by atoms with Crippen LogP contribution in [0.2, 0.25) is 0 Å². The predicted octanol–water partition coefficient (Wildman–Crippen LogP) is 6.15. The molecule has 2 nitrogen and oxygen atoms in total. The molecule has 0 aliphatic carbocycles. The molecule has 1 rings (SSSR count). The molecule has 1 aromatic carbocycles. The van der Waals surface area contributed by atoms with Crippen LogP contribution < -0.4 is 0 Å². The van der Waals surface area contributed by atoms with Crippen LogP contribution in [-0.4, -0.2) is 11.0 Å². The van der Waals surface area contributed by atoms with Gasteiger partial charge in [0.15, 0.2) is 0 Å². The number of hydrogen-bond donors (Lipinski definition) is 2. The van der Waals surface area contributed by atoms with Crippen molar-refractivity contribution in [2.45, 2.75) is 39.4 Å². The van der Waals surface area contributed by atoms with Crippen LogP contribution in [0.3, 0.4) is 0 Å². The van der Waals surface area contributed by atoms with Crippen molar-refractivity contribution in [3.63, 3.8) is 0 Å². The minimum absolute atomic E-state index is 0.0596. The first-order chi connectivity index (χ1) is 11.1. The molecule has 0 atom stereocenters. The molecule has 0 aliphatic heterocycles. The molecular weight excluding hydrogens is 332 g/mol. The van der Waals surface area contributed by atoms with Gasteiger partial charge < -0.3 is 5.41 Å². The van der Waals surface area contributed by atoms with E-state index in [2.05, 4.69) is 53.0 Å². The van der Waals surface area contributed by atoms with E-state index < -0.39 is 0 Å². The average molecular weight is 357 g/mol. The van der Waals surface area contributed by atoms with Crippen LogP contribution >= 0.6 is 24.4 Å². The van der Waals surface area contributed by atoms with Gasteiger partial charge in [-0.15, -0.1) is 24.4 Å². The van der Waals surface area contributed by atoms with Gasteiger partial charge in [0.2, 0.25) is 0 Å². The molecular formula is C20H24N2S2. The Morgan fingerprint density at radius 1 is 1.38 bits per heavy atom. The molecule has 0 amide bonds. The number of rotatable bonds is 5. The van der Waals surface area contributed by atoms with Crippen molar-refractivity contribution < 1.29 is 0 Å². The Kier molecular flexibility index (Phi) is 7.13. The maximum Gasteiger partial charge on any atom is 0.0994 e. The molecule has 0 fully saturated rings. The fraction of sp³-hybridized carbons (Fsp3) is 0.300. The molecule has 0 saturated heterocycles. The summed E-state index contributed by atoms with van der Waals surface area (Å²) in [4.78, 5) is 1.84. The average Bonchev–Trinajstić information content (AvgIpc) is 2.47. The lowest BCUT2D eigenvalue weighted by molar-refractivity contribution is 0.806. The van der Waals surface area contributed by atoms with E-state index in [1.54, 1.807) is 17.8 Å². The lowest BCUT2D eigenvalue weighted by Gasteiger charge is -2.22. The van der Waals surface area contributed by atoms with Crippen molar-refractivity contribution in [2.75, 3.05) is 0 Å². The van der Waals surface area contributed by atoms with Gasteiger partial charge in [-0.2, -0.15) is 5.26 Å². The molecule has 0 heterocycles. The summed E-state index contributed by atoms with van der Waals surface area (Å²) in [6.45, 7) is 14.3. The van der Waals surface area contributed by atoms with Crippen LogP contribution in [0.5, 0.6) is 0 Å². The smallest absolute Gasteiger partial charge is 0.0994 e. The van der Waals surface area contributed by atoms with E-state index in [-0.39, 0.29) is 4.75 Å². The van der Waals surface area contributed by atoms with Crippen LogP contribution in [-0.2, 0) is 0 Å². The summed E-state index contributed by atoms with van der Waals surface area (Å²) in [5.74, 6) is 0. The zero-order valence-corrected chi connectivity index (χ0v) is 16.6. The van der Waals surface area contributed by atoms with E-state index in [1.807, 2.05) is 25.1 Å². The molecule has 0 unspecified atom stereocenters. The number of nitriles is 1. The first-order valence-electron chi connectivity index (χ1n) is 7.62. The fourth-order valence-corrected chi connectivity index (χ4v) is 4.10. The summed E-state index contributed by atoms with van der Waals surface area (Å²) in [7, 11) is 0.